The second kappa shape index (κ2) is 8.81. The van der Waals surface area contributed by atoms with Crippen LogP contribution in [0, 0.1) is 0 Å². The van der Waals surface area contributed by atoms with Crippen LogP contribution in [0.25, 0.3) is 0 Å². The summed E-state index contributed by atoms with van der Waals surface area (Å²) in [5.41, 5.74) is -0.0559. The summed E-state index contributed by atoms with van der Waals surface area (Å²) in [6.45, 7) is 4.52. The number of halogens is 1. The average Bonchev–Trinajstić information content (AvgIpc) is 2.61. The lowest BCUT2D eigenvalue weighted by molar-refractivity contribution is 0.0598. The van der Waals surface area contributed by atoms with Gasteiger partial charge < -0.3 is 14.8 Å². The number of nitrogens with one attached hydrogen (secondary N) is 1. The molecule has 8 nitrogen and oxygen atoms in total. The minimum absolute atomic E-state index is 0. The van der Waals surface area contributed by atoms with Crippen molar-refractivity contribution in [3.8, 4) is 0 Å². The molecule has 0 spiro atoms. The molecule has 2 rings (SSSR count). The van der Waals surface area contributed by atoms with Gasteiger partial charge in [-0.2, -0.15) is 4.31 Å². The van der Waals surface area contributed by atoms with Gasteiger partial charge in [-0.1, -0.05) is 0 Å². The number of carbonyl (C=O) groups excluding carboxylic acids is 2. The van der Waals surface area contributed by atoms with Crippen LogP contribution in [0.5, 0.6) is 0 Å². The molecule has 2 unspecified atom stereocenters. The van der Waals surface area contributed by atoms with Crippen molar-refractivity contribution in [2.24, 2.45) is 0 Å². The highest BCUT2D eigenvalue weighted by Crippen LogP contribution is 2.24. The summed E-state index contributed by atoms with van der Waals surface area (Å²) in [5.74, 6) is -1.46. The Morgan fingerprint density at radius 2 is 1.58 bits per heavy atom. The molecule has 1 N–H and O–H groups in total. The number of hydrogen-bond donors (Lipinski definition) is 1. The maximum absolute atomic E-state index is 13.1. The van der Waals surface area contributed by atoms with E-state index in [0.29, 0.717) is 13.1 Å². The third kappa shape index (κ3) is 4.35. The Bertz CT molecular complexity index is 749. The number of nitrogens with zero attached hydrogens (tertiary/aromatic N) is 1. The van der Waals surface area contributed by atoms with E-state index in [0.717, 1.165) is 0 Å². The van der Waals surface area contributed by atoms with Gasteiger partial charge in [0.15, 0.2) is 0 Å². The second-order valence-corrected chi connectivity index (χ2v) is 7.72. The average molecular weight is 407 g/mol. The van der Waals surface area contributed by atoms with E-state index < -0.39 is 22.0 Å². The standard InChI is InChI=1S/C16H22N2O6S.ClH/c1-10-11(2)18(6-5-17-10)25(21,22)14-8-12(15(19)23-3)7-13(9-14)16(20)24-4;/h7-11,17H,5-6H2,1-4H3;1H. The normalized spacial score (nSPS) is 20.8. The van der Waals surface area contributed by atoms with Crippen LogP contribution < -0.4 is 5.32 Å². The van der Waals surface area contributed by atoms with E-state index in [1.807, 2.05) is 6.92 Å². The van der Waals surface area contributed by atoms with Crippen LogP contribution in [0.4, 0.5) is 0 Å². The maximum atomic E-state index is 13.1. The molecule has 1 aromatic rings. The SMILES string of the molecule is COC(=O)c1cc(C(=O)OC)cc(S(=O)(=O)N2CCNC(C)C2C)c1.Cl. The molecule has 0 bridgehead atoms. The van der Waals surface area contributed by atoms with E-state index >= 15 is 0 Å². The zero-order valence-electron chi connectivity index (χ0n) is 15.0. The van der Waals surface area contributed by atoms with Gasteiger partial charge in [0.05, 0.1) is 30.2 Å². The van der Waals surface area contributed by atoms with Crippen molar-refractivity contribution in [3.63, 3.8) is 0 Å². The van der Waals surface area contributed by atoms with E-state index in [9.17, 15) is 18.0 Å². The first-order chi connectivity index (χ1) is 11.7. The number of carbonyl (C=O) groups is 2. The number of rotatable bonds is 4. The third-order valence-corrected chi connectivity index (χ3v) is 6.30. The number of methoxy groups -OCH3 is 2. The van der Waals surface area contributed by atoms with Crippen LogP contribution >= 0.6 is 12.4 Å². The van der Waals surface area contributed by atoms with Gasteiger partial charge in [0.1, 0.15) is 0 Å². The summed E-state index contributed by atoms with van der Waals surface area (Å²) < 4.78 is 36.8. The van der Waals surface area contributed by atoms with Crippen molar-refractivity contribution in [2.45, 2.75) is 30.8 Å². The number of esters is 2. The zero-order valence-corrected chi connectivity index (χ0v) is 16.6. The van der Waals surface area contributed by atoms with Gasteiger partial charge in [-0.05, 0) is 32.0 Å². The molecule has 1 aliphatic rings. The van der Waals surface area contributed by atoms with Crippen LogP contribution in [0.2, 0.25) is 0 Å². The fourth-order valence-corrected chi connectivity index (χ4v) is 4.49. The second-order valence-electron chi connectivity index (χ2n) is 5.83. The molecule has 1 aliphatic heterocycles. The zero-order chi connectivity index (χ0) is 18.8. The van der Waals surface area contributed by atoms with Gasteiger partial charge >= 0.3 is 11.9 Å². The number of piperazine rings is 1. The molecule has 0 radical (unpaired) electrons. The predicted molar refractivity (Wildman–Crippen MR) is 97.2 cm³/mol. The Morgan fingerprint density at radius 3 is 2.04 bits per heavy atom. The molecule has 2 atom stereocenters. The van der Waals surface area contributed by atoms with Crippen molar-refractivity contribution in [3.05, 3.63) is 29.3 Å². The summed E-state index contributed by atoms with van der Waals surface area (Å²) >= 11 is 0. The molecule has 10 heteroatoms. The fraction of sp³-hybridized carbons (Fsp3) is 0.500. The van der Waals surface area contributed by atoms with E-state index in [1.165, 1.54) is 36.7 Å². The van der Waals surface area contributed by atoms with E-state index in [-0.39, 0.29) is 40.5 Å². The Kier molecular flexibility index (Phi) is 7.57. The topological polar surface area (TPSA) is 102 Å². The van der Waals surface area contributed by atoms with Gasteiger partial charge in [-0.3, -0.25) is 0 Å². The molecule has 26 heavy (non-hydrogen) atoms. The van der Waals surface area contributed by atoms with E-state index in [1.54, 1.807) is 6.92 Å². The first kappa shape index (κ1) is 22.4. The Morgan fingerprint density at radius 1 is 1.08 bits per heavy atom. The van der Waals surface area contributed by atoms with Gasteiger partial charge in [0.25, 0.3) is 0 Å². The first-order valence-electron chi connectivity index (χ1n) is 7.79. The molecular formula is C16H23ClN2O6S. The molecule has 0 aliphatic carbocycles. The highest BCUT2D eigenvalue weighted by molar-refractivity contribution is 7.89. The van der Waals surface area contributed by atoms with Crippen LogP contribution in [0.15, 0.2) is 23.1 Å². The summed E-state index contributed by atoms with van der Waals surface area (Å²) in [5, 5.41) is 3.21. The molecule has 1 heterocycles. The maximum Gasteiger partial charge on any atom is 0.337 e. The monoisotopic (exact) mass is 406 g/mol. The van der Waals surface area contributed by atoms with Crippen LogP contribution in [0.1, 0.15) is 34.6 Å². The lowest BCUT2D eigenvalue weighted by Gasteiger charge is -2.37. The number of ether oxygens (including phenoxy) is 2. The number of hydrogen-bond acceptors (Lipinski definition) is 7. The Hall–Kier alpha value is -1.68. The predicted octanol–water partition coefficient (Wildman–Crippen LogP) is 1.05. The smallest absolute Gasteiger partial charge is 0.337 e. The summed E-state index contributed by atoms with van der Waals surface area (Å²) in [6, 6.07) is 3.38. The van der Waals surface area contributed by atoms with Crippen molar-refractivity contribution in [1.29, 1.82) is 0 Å². The third-order valence-electron chi connectivity index (χ3n) is 4.33. The van der Waals surface area contributed by atoms with Crippen molar-refractivity contribution in [1.82, 2.24) is 9.62 Å². The molecule has 146 valence electrons. The Balaban J connectivity index is 0.00000338. The largest absolute Gasteiger partial charge is 0.465 e. The lowest BCUT2D eigenvalue weighted by atomic mass is 10.1. The van der Waals surface area contributed by atoms with Crippen molar-refractivity contribution < 1.29 is 27.5 Å². The molecule has 0 aromatic heterocycles. The molecule has 1 aromatic carbocycles. The van der Waals surface area contributed by atoms with Crippen LogP contribution in [-0.4, -0.2) is 64.1 Å². The lowest BCUT2D eigenvalue weighted by Crippen LogP contribution is -2.57. The molecular weight excluding hydrogens is 384 g/mol. The first-order valence-corrected chi connectivity index (χ1v) is 9.23. The van der Waals surface area contributed by atoms with Crippen molar-refractivity contribution in [2.75, 3.05) is 27.3 Å². The van der Waals surface area contributed by atoms with Gasteiger partial charge in [-0.25, -0.2) is 18.0 Å². The number of benzene rings is 1. The summed E-state index contributed by atoms with van der Waals surface area (Å²) in [4.78, 5) is 23.6. The van der Waals surface area contributed by atoms with E-state index in [2.05, 4.69) is 14.8 Å². The fourth-order valence-electron chi connectivity index (χ4n) is 2.72. The molecule has 0 amide bonds. The van der Waals surface area contributed by atoms with Crippen molar-refractivity contribution >= 4 is 34.4 Å². The van der Waals surface area contributed by atoms with Crippen LogP contribution in [-0.2, 0) is 19.5 Å². The van der Waals surface area contributed by atoms with Gasteiger partial charge in [-0.15, -0.1) is 12.4 Å². The molecule has 1 saturated heterocycles. The number of sulfonamides is 1. The Labute approximate surface area is 159 Å². The highest BCUT2D eigenvalue weighted by atomic mass is 35.5. The van der Waals surface area contributed by atoms with E-state index in [4.69, 9.17) is 0 Å². The van der Waals surface area contributed by atoms with Gasteiger partial charge in [0, 0.05) is 25.2 Å². The van der Waals surface area contributed by atoms with Gasteiger partial charge in [0.2, 0.25) is 10.0 Å². The van der Waals surface area contributed by atoms with Crippen LogP contribution in [0.3, 0.4) is 0 Å². The summed E-state index contributed by atoms with van der Waals surface area (Å²) in [6.07, 6.45) is 0. The summed E-state index contributed by atoms with van der Waals surface area (Å²) in [7, 11) is -1.53. The minimum atomic E-state index is -3.89. The minimum Gasteiger partial charge on any atom is -0.465 e. The molecule has 0 saturated carbocycles. The molecule has 1 fully saturated rings. The highest BCUT2D eigenvalue weighted by Gasteiger charge is 2.35. The quantitative estimate of drug-likeness (QED) is 0.745.